The lowest BCUT2D eigenvalue weighted by atomic mass is 9.95. The molecular weight excluding hydrogens is 311 g/mol. The average molecular weight is 330 g/mol. The lowest BCUT2D eigenvalue weighted by molar-refractivity contribution is -0.126. The Kier molecular flexibility index (Phi) is 4.93. The summed E-state index contributed by atoms with van der Waals surface area (Å²) in [5.74, 6) is 0.118. The van der Waals surface area contributed by atoms with Crippen molar-refractivity contribution in [3.05, 3.63) is 59.8 Å². The quantitative estimate of drug-likeness (QED) is 0.937. The fourth-order valence-electron chi connectivity index (χ4n) is 2.85. The van der Waals surface area contributed by atoms with Crippen LogP contribution >= 0.6 is 0 Å². The summed E-state index contributed by atoms with van der Waals surface area (Å²) in [6.45, 7) is 1.42. The van der Waals surface area contributed by atoms with Crippen LogP contribution in [0.5, 0.6) is 0 Å². The average Bonchev–Trinajstić information content (AvgIpc) is 3.13. The van der Waals surface area contributed by atoms with Crippen LogP contribution in [0.15, 0.2) is 47.1 Å². The highest BCUT2D eigenvalue weighted by molar-refractivity contribution is 5.94. The fraction of sp³-hybridized carbons (Fsp3) is 0.333. The van der Waals surface area contributed by atoms with Gasteiger partial charge in [0, 0.05) is 24.6 Å². The molecule has 0 radical (unpaired) electrons. The van der Waals surface area contributed by atoms with Crippen molar-refractivity contribution in [1.82, 2.24) is 10.2 Å². The predicted molar refractivity (Wildman–Crippen MR) is 85.6 cm³/mol. The highest BCUT2D eigenvalue weighted by Gasteiger charge is 2.27. The van der Waals surface area contributed by atoms with E-state index >= 15 is 0 Å². The van der Waals surface area contributed by atoms with Gasteiger partial charge in [-0.2, -0.15) is 0 Å². The van der Waals surface area contributed by atoms with Gasteiger partial charge in [0.05, 0.1) is 12.8 Å². The fourth-order valence-corrected chi connectivity index (χ4v) is 2.85. The smallest absolute Gasteiger partial charge is 0.253 e. The van der Waals surface area contributed by atoms with Gasteiger partial charge in [0.1, 0.15) is 11.6 Å². The Bertz CT molecular complexity index is 690. The maximum atomic E-state index is 12.9. The van der Waals surface area contributed by atoms with E-state index in [0.717, 1.165) is 0 Å². The molecule has 2 heterocycles. The van der Waals surface area contributed by atoms with E-state index in [2.05, 4.69) is 5.32 Å². The van der Waals surface area contributed by atoms with Gasteiger partial charge in [-0.1, -0.05) is 0 Å². The summed E-state index contributed by atoms with van der Waals surface area (Å²) in [7, 11) is 0. The Labute approximate surface area is 139 Å². The van der Waals surface area contributed by atoms with E-state index in [-0.39, 0.29) is 23.5 Å². The molecule has 0 unspecified atom stereocenters. The molecule has 0 saturated carbocycles. The van der Waals surface area contributed by atoms with Crippen molar-refractivity contribution in [2.45, 2.75) is 19.4 Å². The predicted octanol–water partition coefficient (Wildman–Crippen LogP) is 2.59. The summed E-state index contributed by atoms with van der Waals surface area (Å²) in [6, 6.07) is 9.12. The molecule has 1 aromatic heterocycles. The van der Waals surface area contributed by atoms with Crippen molar-refractivity contribution < 1.29 is 18.4 Å². The maximum Gasteiger partial charge on any atom is 0.253 e. The molecule has 1 saturated heterocycles. The number of carbonyl (C=O) groups is 2. The Morgan fingerprint density at radius 1 is 1.17 bits per heavy atom. The number of halogens is 1. The number of amides is 2. The van der Waals surface area contributed by atoms with Crippen molar-refractivity contribution in [2.75, 3.05) is 13.1 Å². The van der Waals surface area contributed by atoms with Gasteiger partial charge >= 0.3 is 0 Å². The first-order valence-corrected chi connectivity index (χ1v) is 7.98. The zero-order chi connectivity index (χ0) is 16.9. The van der Waals surface area contributed by atoms with Crippen LogP contribution in [-0.2, 0) is 11.3 Å². The van der Waals surface area contributed by atoms with E-state index in [4.69, 9.17) is 4.42 Å². The van der Waals surface area contributed by atoms with Crippen LogP contribution in [0, 0.1) is 11.7 Å². The molecule has 0 spiro atoms. The zero-order valence-electron chi connectivity index (χ0n) is 13.2. The van der Waals surface area contributed by atoms with Crippen molar-refractivity contribution in [2.24, 2.45) is 5.92 Å². The third-order valence-corrected chi connectivity index (χ3v) is 4.26. The molecule has 1 aliphatic heterocycles. The maximum absolute atomic E-state index is 12.9. The Balaban J connectivity index is 1.49. The van der Waals surface area contributed by atoms with Crippen molar-refractivity contribution in [3.8, 4) is 0 Å². The molecular formula is C18H19FN2O3. The number of hydrogen-bond acceptors (Lipinski definition) is 3. The number of hydrogen-bond donors (Lipinski definition) is 1. The van der Waals surface area contributed by atoms with Crippen LogP contribution in [0.1, 0.15) is 29.0 Å². The summed E-state index contributed by atoms with van der Waals surface area (Å²) in [6.07, 6.45) is 2.81. The first-order chi connectivity index (χ1) is 11.6. The molecule has 1 fully saturated rings. The second-order valence-electron chi connectivity index (χ2n) is 5.87. The minimum absolute atomic E-state index is 0.0136. The second-order valence-corrected chi connectivity index (χ2v) is 5.87. The van der Waals surface area contributed by atoms with Gasteiger partial charge in [0.25, 0.3) is 5.91 Å². The van der Waals surface area contributed by atoms with Gasteiger partial charge in [0.15, 0.2) is 0 Å². The molecule has 0 atom stereocenters. The number of benzene rings is 1. The lowest BCUT2D eigenvalue weighted by Gasteiger charge is -2.31. The SMILES string of the molecule is O=C(NCc1ccco1)C1CCN(C(=O)c2ccc(F)cc2)CC1. The highest BCUT2D eigenvalue weighted by Crippen LogP contribution is 2.19. The normalized spacial score (nSPS) is 15.3. The molecule has 2 amide bonds. The molecule has 0 bridgehead atoms. The van der Waals surface area contributed by atoms with E-state index < -0.39 is 0 Å². The van der Waals surface area contributed by atoms with E-state index in [1.165, 1.54) is 24.3 Å². The Morgan fingerprint density at radius 2 is 1.88 bits per heavy atom. The van der Waals surface area contributed by atoms with Crippen LogP contribution in [0.25, 0.3) is 0 Å². The van der Waals surface area contributed by atoms with E-state index in [0.29, 0.717) is 43.8 Å². The van der Waals surface area contributed by atoms with Crippen molar-refractivity contribution in [1.29, 1.82) is 0 Å². The molecule has 5 nitrogen and oxygen atoms in total. The largest absolute Gasteiger partial charge is 0.467 e. The van der Waals surface area contributed by atoms with Gasteiger partial charge in [-0.3, -0.25) is 9.59 Å². The minimum Gasteiger partial charge on any atom is -0.467 e. The third kappa shape index (κ3) is 3.82. The van der Waals surface area contributed by atoms with Gasteiger partial charge < -0.3 is 14.6 Å². The number of likely N-dealkylation sites (tertiary alicyclic amines) is 1. The molecule has 0 aliphatic carbocycles. The lowest BCUT2D eigenvalue weighted by Crippen LogP contribution is -2.42. The first-order valence-electron chi connectivity index (χ1n) is 7.98. The van der Waals surface area contributed by atoms with Crippen LogP contribution in [0.4, 0.5) is 4.39 Å². The number of nitrogens with zero attached hydrogens (tertiary/aromatic N) is 1. The Morgan fingerprint density at radius 3 is 2.50 bits per heavy atom. The van der Waals surface area contributed by atoms with Crippen LogP contribution < -0.4 is 5.32 Å². The second kappa shape index (κ2) is 7.29. The summed E-state index contributed by atoms with van der Waals surface area (Å²) in [5.41, 5.74) is 0.470. The summed E-state index contributed by atoms with van der Waals surface area (Å²) in [4.78, 5) is 26.3. The summed E-state index contributed by atoms with van der Waals surface area (Å²) in [5, 5.41) is 2.86. The van der Waals surface area contributed by atoms with E-state index in [1.807, 2.05) is 6.07 Å². The zero-order valence-corrected chi connectivity index (χ0v) is 13.2. The third-order valence-electron chi connectivity index (χ3n) is 4.26. The molecule has 1 aromatic carbocycles. The molecule has 6 heteroatoms. The number of carbonyl (C=O) groups excluding carboxylic acids is 2. The number of nitrogens with one attached hydrogen (secondary N) is 1. The van der Waals surface area contributed by atoms with Crippen LogP contribution in [0.3, 0.4) is 0 Å². The van der Waals surface area contributed by atoms with Gasteiger partial charge in [-0.05, 0) is 49.2 Å². The van der Waals surface area contributed by atoms with Gasteiger partial charge in [-0.15, -0.1) is 0 Å². The van der Waals surface area contributed by atoms with Crippen molar-refractivity contribution in [3.63, 3.8) is 0 Å². The van der Waals surface area contributed by atoms with E-state index in [1.54, 1.807) is 17.2 Å². The number of rotatable bonds is 4. The minimum atomic E-state index is -0.363. The molecule has 126 valence electrons. The topological polar surface area (TPSA) is 62.6 Å². The van der Waals surface area contributed by atoms with Crippen molar-refractivity contribution >= 4 is 11.8 Å². The summed E-state index contributed by atoms with van der Waals surface area (Å²) >= 11 is 0. The molecule has 3 rings (SSSR count). The molecule has 24 heavy (non-hydrogen) atoms. The molecule has 1 N–H and O–H groups in total. The Hall–Kier alpha value is -2.63. The first kappa shape index (κ1) is 16.2. The van der Waals surface area contributed by atoms with Crippen LogP contribution in [0.2, 0.25) is 0 Å². The molecule has 1 aliphatic rings. The van der Waals surface area contributed by atoms with Crippen LogP contribution in [-0.4, -0.2) is 29.8 Å². The standard InChI is InChI=1S/C18H19FN2O3/c19-15-5-3-14(4-6-15)18(23)21-9-7-13(8-10-21)17(22)20-12-16-2-1-11-24-16/h1-6,11,13H,7-10,12H2,(H,20,22). The number of piperidine rings is 1. The summed E-state index contributed by atoms with van der Waals surface area (Å²) < 4.78 is 18.1. The van der Waals surface area contributed by atoms with Gasteiger partial charge in [0.2, 0.25) is 5.91 Å². The highest BCUT2D eigenvalue weighted by atomic mass is 19.1. The van der Waals surface area contributed by atoms with E-state index in [9.17, 15) is 14.0 Å². The number of furan rings is 1. The van der Waals surface area contributed by atoms with Gasteiger partial charge in [-0.25, -0.2) is 4.39 Å². The monoisotopic (exact) mass is 330 g/mol. The molecule has 2 aromatic rings.